The molecule has 0 fully saturated rings. The number of aliphatic carboxylic acids is 1. The Bertz CT molecular complexity index is 345. The molecule has 0 unspecified atom stereocenters. The van der Waals surface area contributed by atoms with Crippen molar-refractivity contribution in [3.63, 3.8) is 0 Å². The van der Waals surface area contributed by atoms with Crippen molar-refractivity contribution in [2.24, 2.45) is 10.2 Å². The normalized spacial score (nSPS) is 20.9. The molecule has 6 nitrogen and oxygen atoms in total. The van der Waals surface area contributed by atoms with Gasteiger partial charge in [0.1, 0.15) is 0 Å². The summed E-state index contributed by atoms with van der Waals surface area (Å²) in [6.45, 7) is 0.512. The lowest BCUT2D eigenvalue weighted by atomic mass is 10.1. The number of hydrogen-bond donors (Lipinski definition) is 1. The highest BCUT2D eigenvalue weighted by atomic mass is 16.4. The molecule has 0 spiro atoms. The summed E-state index contributed by atoms with van der Waals surface area (Å²) in [6.07, 6.45) is 1.11. The maximum atomic E-state index is 11.0. The van der Waals surface area contributed by atoms with Crippen molar-refractivity contribution in [2.75, 3.05) is 6.54 Å². The number of carboxylic acids is 1. The van der Waals surface area contributed by atoms with Crippen LogP contribution in [0.2, 0.25) is 0 Å². The van der Waals surface area contributed by atoms with Gasteiger partial charge in [-0.1, -0.05) is 5.11 Å². The topological polar surface area (TPSA) is 82.3 Å². The van der Waals surface area contributed by atoms with Gasteiger partial charge in [-0.15, -0.1) is 5.11 Å². The SMILES string of the molecule is O=C(O)C1=C2N=NC(=O)N2CCC1. The number of amides is 2. The van der Waals surface area contributed by atoms with E-state index in [4.69, 9.17) is 5.11 Å². The fraction of sp³-hybridized carbons (Fsp3) is 0.429. The van der Waals surface area contributed by atoms with Gasteiger partial charge in [-0.3, -0.25) is 4.90 Å². The van der Waals surface area contributed by atoms with Crippen LogP contribution in [0.1, 0.15) is 12.8 Å². The number of hydrogen-bond acceptors (Lipinski definition) is 3. The third-order valence-corrected chi connectivity index (χ3v) is 2.05. The third kappa shape index (κ3) is 1.10. The molecule has 2 amide bonds. The Morgan fingerprint density at radius 2 is 2.23 bits per heavy atom. The average Bonchev–Trinajstić information content (AvgIpc) is 2.48. The first-order chi connectivity index (χ1) is 6.20. The Morgan fingerprint density at radius 3 is 2.92 bits per heavy atom. The maximum absolute atomic E-state index is 11.0. The van der Waals surface area contributed by atoms with Crippen molar-refractivity contribution in [2.45, 2.75) is 12.8 Å². The lowest BCUT2D eigenvalue weighted by Gasteiger charge is -2.20. The molecule has 68 valence electrons. The van der Waals surface area contributed by atoms with E-state index in [9.17, 15) is 9.59 Å². The van der Waals surface area contributed by atoms with E-state index in [0.717, 1.165) is 0 Å². The maximum Gasteiger partial charge on any atom is 0.367 e. The van der Waals surface area contributed by atoms with Gasteiger partial charge in [0.15, 0.2) is 5.82 Å². The van der Waals surface area contributed by atoms with Crippen LogP contribution in [0.25, 0.3) is 0 Å². The first-order valence-corrected chi connectivity index (χ1v) is 3.90. The van der Waals surface area contributed by atoms with Crippen molar-refractivity contribution in [1.82, 2.24) is 4.90 Å². The van der Waals surface area contributed by atoms with Gasteiger partial charge in [0.2, 0.25) is 0 Å². The van der Waals surface area contributed by atoms with Gasteiger partial charge in [-0.2, -0.15) is 0 Å². The molecule has 0 aromatic carbocycles. The van der Waals surface area contributed by atoms with E-state index in [1.165, 1.54) is 4.90 Å². The van der Waals surface area contributed by atoms with Crippen molar-refractivity contribution in [3.05, 3.63) is 11.4 Å². The molecule has 0 bridgehead atoms. The van der Waals surface area contributed by atoms with Crippen molar-refractivity contribution < 1.29 is 14.7 Å². The highest BCUT2D eigenvalue weighted by Gasteiger charge is 2.32. The number of rotatable bonds is 1. The van der Waals surface area contributed by atoms with E-state index in [-0.39, 0.29) is 11.4 Å². The molecule has 0 aromatic rings. The summed E-state index contributed by atoms with van der Waals surface area (Å²) in [6, 6.07) is -0.464. The molecule has 0 aromatic heterocycles. The van der Waals surface area contributed by atoms with E-state index in [1.807, 2.05) is 0 Å². The molecule has 2 aliphatic rings. The van der Waals surface area contributed by atoms with Gasteiger partial charge >= 0.3 is 12.0 Å². The van der Waals surface area contributed by atoms with Gasteiger partial charge in [0, 0.05) is 6.54 Å². The molecule has 2 aliphatic heterocycles. The third-order valence-electron chi connectivity index (χ3n) is 2.05. The van der Waals surface area contributed by atoms with Gasteiger partial charge in [-0.25, -0.2) is 9.59 Å². The predicted octanol–water partition coefficient (Wildman–Crippen LogP) is 0.964. The largest absolute Gasteiger partial charge is 0.478 e. The number of carbonyl (C=O) groups is 2. The quantitative estimate of drug-likeness (QED) is 0.654. The Labute approximate surface area is 73.6 Å². The minimum absolute atomic E-state index is 0.181. The van der Waals surface area contributed by atoms with Crippen LogP contribution in [-0.2, 0) is 4.79 Å². The Morgan fingerprint density at radius 1 is 1.46 bits per heavy atom. The van der Waals surface area contributed by atoms with E-state index >= 15 is 0 Å². The first-order valence-electron chi connectivity index (χ1n) is 3.90. The second-order valence-electron chi connectivity index (χ2n) is 2.85. The summed E-state index contributed by atoms with van der Waals surface area (Å²) in [5, 5.41) is 15.6. The molecule has 2 rings (SSSR count). The second-order valence-corrected chi connectivity index (χ2v) is 2.85. The molecular weight excluding hydrogens is 174 g/mol. The van der Waals surface area contributed by atoms with E-state index in [2.05, 4.69) is 10.2 Å². The summed E-state index contributed by atoms with van der Waals surface area (Å²) in [4.78, 5) is 23.0. The summed E-state index contributed by atoms with van der Waals surface area (Å²) < 4.78 is 0. The minimum Gasteiger partial charge on any atom is -0.478 e. The Balaban J connectivity index is 2.44. The van der Waals surface area contributed by atoms with Crippen molar-refractivity contribution in [3.8, 4) is 0 Å². The number of carbonyl (C=O) groups excluding carboxylic acids is 1. The molecule has 0 atom stereocenters. The predicted molar refractivity (Wildman–Crippen MR) is 40.9 cm³/mol. The van der Waals surface area contributed by atoms with Crippen LogP contribution in [0, 0.1) is 0 Å². The molecule has 1 N–H and O–H groups in total. The number of fused-ring (bicyclic) bond motifs is 1. The summed E-state index contributed by atoms with van der Waals surface area (Å²) in [7, 11) is 0. The van der Waals surface area contributed by atoms with E-state index in [0.29, 0.717) is 19.4 Å². The summed E-state index contributed by atoms with van der Waals surface area (Å²) >= 11 is 0. The molecular formula is C7H7N3O3. The molecule has 2 heterocycles. The van der Waals surface area contributed by atoms with Crippen LogP contribution in [0.15, 0.2) is 21.6 Å². The highest BCUT2D eigenvalue weighted by molar-refractivity contribution is 5.90. The van der Waals surface area contributed by atoms with Crippen molar-refractivity contribution >= 4 is 12.0 Å². The van der Waals surface area contributed by atoms with Crippen LogP contribution in [0.4, 0.5) is 4.79 Å². The zero-order valence-corrected chi connectivity index (χ0v) is 6.73. The molecule has 6 heteroatoms. The Kier molecular flexibility index (Phi) is 1.61. The van der Waals surface area contributed by atoms with Crippen LogP contribution in [-0.4, -0.2) is 28.6 Å². The van der Waals surface area contributed by atoms with Gasteiger partial charge in [-0.05, 0) is 12.8 Å². The molecule has 13 heavy (non-hydrogen) atoms. The lowest BCUT2D eigenvalue weighted by molar-refractivity contribution is -0.133. The zero-order chi connectivity index (χ0) is 9.42. The van der Waals surface area contributed by atoms with Gasteiger partial charge < -0.3 is 5.11 Å². The van der Waals surface area contributed by atoms with Crippen LogP contribution in [0.3, 0.4) is 0 Å². The van der Waals surface area contributed by atoms with Gasteiger partial charge in [0.25, 0.3) is 0 Å². The number of nitrogens with zero attached hydrogens (tertiary/aromatic N) is 3. The van der Waals surface area contributed by atoms with Crippen LogP contribution < -0.4 is 0 Å². The zero-order valence-electron chi connectivity index (χ0n) is 6.73. The van der Waals surface area contributed by atoms with E-state index < -0.39 is 12.0 Å². The Hall–Kier alpha value is -1.72. The number of urea groups is 1. The smallest absolute Gasteiger partial charge is 0.367 e. The minimum atomic E-state index is -1.02. The number of azo groups is 1. The van der Waals surface area contributed by atoms with Crippen molar-refractivity contribution in [1.29, 1.82) is 0 Å². The second kappa shape index (κ2) is 2.65. The summed E-state index contributed by atoms with van der Waals surface area (Å²) in [5.41, 5.74) is 0.181. The molecule has 0 radical (unpaired) electrons. The number of carboxylic acid groups (broad SMARTS) is 1. The van der Waals surface area contributed by atoms with Crippen LogP contribution >= 0.6 is 0 Å². The molecule has 0 saturated carbocycles. The van der Waals surface area contributed by atoms with Crippen LogP contribution in [0.5, 0.6) is 0 Å². The standard InChI is InChI=1S/C7H7N3O3/c11-6(12)4-2-1-3-10-5(4)8-9-7(10)13/h1-3H2,(H,11,12). The summed E-state index contributed by atoms with van der Waals surface area (Å²) in [5.74, 6) is -0.808. The average molecular weight is 181 g/mol. The highest BCUT2D eigenvalue weighted by Crippen LogP contribution is 2.28. The van der Waals surface area contributed by atoms with E-state index in [1.54, 1.807) is 0 Å². The molecule has 0 aliphatic carbocycles. The molecule has 0 saturated heterocycles. The lowest BCUT2D eigenvalue weighted by Crippen LogP contribution is -2.29. The van der Waals surface area contributed by atoms with Gasteiger partial charge in [0.05, 0.1) is 5.57 Å². The fourth-order valence-corrected chi connectivity index (χ4v) is 1.44. The monoisotopic (exact) mass is 181 g/mol. The first kappa shape index (κ1) is 7.90. The fourth-order valence-electron chi connectivity index (χ4n) is 1.44.